The number of benzene rings is 2. The summed E-state index contributed by atoms with van der Waals surface area (Å²) < 4.78 is 34.5. The molecule has 1 saturated carbocycles. The van der Waals surface area contributed by atoms with Gasteiger partial charge in [-0.2, -0.15) is 0 Å². The van der Waals surface area contributed by atoms with Gasteiger partial charge in [-0.05, 0) is 29.8 Å². The van der Waals surface area contributed by atoms with Gasteiger partial charge in [0.15, 0.2) is 0 Å². The lowest BCUT2D eigenvalue weighted by Gasteiger charge is -2.37. The van der Waals surface area contributed by atoms with Crippen molar-refractivity contribution in [1.29, 1.82) is 0 Å². The molecule has 1 aliphatic heterocycles. The molecule has 1 fully saturated rings. The van der Waals surface area contributed by atoms with Crippen LogP contribution in [0.5, 0.6) is 17.2 Å². The average Bonchev–Trinajstić information content (AvgIpc) is 2.90. The molecule has 0 aromatic heterocycles. The molecule has 5 heteroatoms. The summed E-state index contributed by atoms with van der Waals surface area (Å²) in [7, 11) is 0. The third kappa shape index (κ3) is 2.64. The fraction of sp³-hybridized carbons (Fsp3) is 0.300. The largest absolute Gasteiger partial charge is 0.508 e. The number of hydrogen-bond donors (Lipinski definition) is 2. The van der Waals surface area contributed by atoms with E-state index < -0.39 is 23.9 Å². The summed E-state index contributed by atoms with van der Waals surface area (Å²) in [6.45, 7) is 3.73. The molecule has 1 heterocycles. The van der Waals surface area contributed by atoms with Crippen molar-refractivity contribution in [2.24, 2.45) is 5.92 Å². The van der Waals surface area contributed by atoms with Gasteiger partial charge < -0.3 is 14.9 Å². The van der Waals surface area contributed by atoms with Crippen LogP contribution in [0.3, 0.4) is 0 Å². The fourth-order valence-electron chi connectivity index (χ4n) is 4.12. The zero-order valence-corrected chi connectivity index (χ0v) is 13.5. The van der Waals surface area contributed by atoms with E-state index in [4.69, 9.17) is 4.74 Å². The molecule has 0 spiro atoms. The van der Waals surface area contributed by atoms with E-state index in [1.807, 2.05) is 0 Å². The summed E-state index contributed by atoms with van der Waals surface area (Å²) >= 11 is 0. The fourth-order valence-corrected chi connectivity index (χ4v) is 4.12. The second-order valence-electron chi connectivity index (χ2n) is 6.82. The summed E-state index contributed by atoms with van der Waals surface area (Å²) in [5.41, 5.74) is 1.96. The van der Waals surface area contributed by atoms with Crippen molar-refractivity contribution in [3.8, 4) is 17.2 Å². The molecule has 0 amide bonds. The van der Waals surface area contributed by atoms with Gasteiger partial charge in [-0.1, -0.05) is 24.8 Å². The van der Waals surface area contributed by atoms with Crippen LogP contribution in [0.15, 0.2) is 43.0 Å². The first-order valence-electron chi connectivity index (χ1n) is 8.21. The highest BCUT2D eigenvalue weighted by atomic mass is 19.3. The number of hydrogen-bond acceptors (Lipinski definition) is 3. The van der Waals surface area contributed by atoms with E-state index in [2.05, 4.69) is 6.58 Å². The minimum atomic E-state index is -2.77. The van der Waals surface area contributed by atoms with E-state index in [1.165, 1.54) is 24.3 Å². The van der Waals surface area contributed by atoms with Gasteiger partial charge in [-0.15, -0.1) is 0 Å². The molecule has 3 nitrogen and oxygen atoms in total. The van der Waals surface area contributed by atoms with Crippen molar-refractivity contribution in [2.45, 2.75) is 30.8 Å². The Labute approximate surface area is 144 Å². The van der Waals surface area contributed by atoms with Crippen LogP contribution in [-0.4, -0.2) is 16.1 Å². The summed E-state index contributed by atoms with van der Waals surface area (Å²) in [6.07, 6.45) is 0.499. The first-order valence-corrected chi connectivity index (χ1v) is 8.21. The van der Waals surface area contributed by atoms with Crippen LogP contribution in [0.2, 0.25) is 0 Å². The number of aromatic hydroxyl groups is 2. The highest BCUT2D eigenvalue weighted by molar-refractivity contribution is 5.63. The van der Waals surface area contributed by atoms with Gasteiger partial charge in [0.1, 0.15) is 23.4 Å². The maximum Gasteiger partial charge on any atom is 0.249 e. The van der Waals surface area contributed by atoms with E-state index in [-0.39, 0.29) is 24.3 Å². The van der Waals surface area contributed by atoms with E-state index in [9.17, 15) is 19.0 Å². The molecule has 3 atom stereocenters. The minimum absolute atomic E-state index is 0.0225. The van der Waals surface area contributed by atoms with Crippen molar-refractivity contribution in [3.05, 3.63) is 59.7 Å². The van der Waals surface area contributed by atoms with Gasteiger partial charge in [-0.3, -0.25) is 0 Å². The lowest BCUT2D eigenvalue weighted by Crippen LogP contribution is -2.27. The molecular formula is C20H18F2O3. The normalized spacial score (nSPS) is 26.4. The highest BCUT2D eigenvalue weighted by Crippen LogP contribution is 2.59. The van der Waals surface area contributed by atoms with Crippen LogP contribution in [0.4, 0.5) is 8.78 Å². The Kier molecular flexibility index (Phi) is 3.49. The molecule has 0 bridgehead atoms. The number of phenolic OH excluding ortho intramolecular Hbond substituents is 2. The number of alkyl halides is 2. The lowest BCUT2D eigenvalue weighted by atomic mass is 9.79. The number of fused-ring (bicyclic) bond motifs is 3. The van der Waals surface area contributed by atoms with Crippen molar-refractivity contribution in [2.75, 3.05) is 0 Å². The Bertz CT molecular complexity index is 830. The predicted octanol–water partition coefficient (Wildman–Crippen LogP) is 5.00. The smallest absolute Gasteiger partial charge is 0.249 e. The number of halogens is 2. The van der Waals surface area contributed by atoms with Crippen molar-refractivity contribution < 1.29 is 23.7 Å². The Morgan fingerprint density at radius 3 is 2.48 bits per heavy atom. The van der Waals surface area contributed by atoms with Crippen LogP contribution in [0.1, 0.15) is 41.6 Å². The van der Waals surface area contributed by atoms with Crippen molar-refractivity contribution in [1.82, 2.24) is 0 Å². The molecule has 1 aliphatic carbocycles. The molecule has 0 radical (unpaired) electrons. The number of rotatable bonds is 2. The molecule has 25 heavy (non-hydrogen) atoms. The van der Waals surface area contributed by atoms with E-state index >= 15 is 0 Å². The second kappa shape index (κ2) is 5.48. The average molecular weight is 344 g/mol. The van der Waals surface area contributed by atoms with Gasteiger partial charge in [0.25, 0.3) is 0 Å². The van der Waals surface area contributed by atoms with Gasteiger partial charge in [0.2, 0.25) is 5.92 Å². The summed E-state index contributed by atoms with van der Waals surface area (Å²) in [5, 5.41) is 19.4. The van der Waals surface area contributed by atoms with Crippen LogP contribution in [0.25, 0.3) is 6.08 Å². The van der Waals surface area contributed by atoms with Crippen LogP contribution >= 0.6 is 0 Å². The van der Waals surface area contributed by atoms with Gasteiger partial charge in [-0.25, -0.2) is 8.78 Å². The maximum absolute atomic E-state index is 14.2. The first kappa shape index (κ1) is 15.9. The molecule has 2 N–H and O–H groups in total. The zero-order chi connectivity index (χ0) is 17.8. The predicted molar refractivity (Wildman–Crippen MR) is 90.1 cm³/mol. The first-order chi connectivity index (χ1) is 11.9. The number of phenols is 2. The van der Waals surface area contributed by atoms with Crippen LogP contribution in [-0.2, 0) is 0 Å². The second-order valence-corrected chi connectivity index (χ2v) is 6.82. The summed E-state index contributed by atoms with van der Waals surface area (Å²) in [4.78, 5) is 0. The van der Waals surface area contributed by atoms with Gasteiger partial charge in [0.05, 0.1) is 0 Å². The molecular weight excluding hydrogens is 326 g/mol. The molecule has 130 valence electrons. The third-order valence-electron chi connectivity index (χ3n) is 5.18. The standard InChI is InChI=1S/C20H18F2O3/c1-2-11-7-14(24)8-15-16-9-20(21,22)10-17(16)19(25-18(11)15)12-3-5-13(23)6-4-12/h2-8,16-17,19,23-24H,1,9-10H2/t16-,17-,19-/m0/s1. The Hall–Kier alpha value is -2.56. The van der Waals surface area contributed by atoms with E-state index in [1.54, 1.807) is 18.2 Å². The lowest BCUT2D eigenvalue weighted by molar-refractivity contribution is -0.00232. The Balaban J connectivity index is 1.86. The van der Waals surface area contributed by atoms with E-state index in [0.29, 0.717) is 16.9 Å². The highest BCUT2D eigenvalue weighted by Gasteiger charge is 2.53. The maximum atomic E-state index is 14.2. The monoisotopic (exact) mass is 344 g/mol. The van der Waals surface area contributed by atoms with Gasteiger partial charge in [0, 0.05) is 35.8 Å². The Morgan fingerprint density at radius 2 is 1.80 bits per heavy atom. The van der Waals surface area contributed by atoms with Crippen molar-refractivity contribution in [3.63, 3.8) is 0 Å². The molecule has 4 rings (SSSR count). The number of ether oxygens (including phenoxy) is 1. The molecule has 2 aromatic carbocycles. The topological polar surface area (TPSA) is 49.7 Å². The SMILES string of the molecule is C=Cc1cc(O)cc2c1O[C@@H](c1ccc(O)cc1)[C@H]1CC(F)(F)C[C@@H]21. The molecule has 2 aliphatic rings. The van der Waals surface area contributed by atoms with Crippen LogP contribution < -0.4 is 4.74 Å². The van der Waals surface area contributed by atoms with Gasteiger partial charge >= 0.3 is 0 Å². The van der Waals surface area contributed by atoms with Crippen molar-refractivity contribution >= 4 is 6.08 Å². The van der Waals surface area contributed by atoms with E-state index in [0.717, 1.165) is 5.56 Å². The third-order valence-corrected chi connectivity index (χ3v) is 5.18. The summed E-state index contributed by atoms with van der Waals surface area (Å²) in [5.74, 6) is -2.92. The van der Waals surface area contributed by atoms with Crippen LogP contribution in [0, 0.1) is 5.92 Å². The molecule has 0 unspecified atom stereocenters. The Morgan fingerprint density at radius 1 is 1.08 bits per heavy atom. The quantitative estimate of drug-likeness (QED) is 0.806. The zero-order valence-electron chi connectivity index (χ0n) is 13.5. The summed E-state index contributed by atoms with van der Waals surface area (Å²) in [6, 6.07) is 9.50. The molecule has 0 saturated heterocycles. The molecule has 2 aromatic rings. The minimum Gasteiger partial charge on any atom is -0.508 e.